The average Bonchev–Trinajstić information content (AvgIpc) is 2.75. The van der Waals surface area contributed by atoms with Crippen molar-refractivity contribution in [3.8, 4) is 0 Å². The number of benzene rings is 1. The van der Waals surface area contributed by atoms with E-state index in [1.54, 1.807) is 18.7 Å². The molecule has 0 atom stereocenters. The van der Waals surface area contributed by atoms with Crippen LogP contribution in [0.15, 0.2) is 30.3 Å². The fourth-order valence-corrected chi connectivity index (χ4v) is 2.35. The first-order valence-electron chi connectivity index (χ1n) is 6.67. The molecule has 2 aromatic rings. The van der Waals surface area contributed by atoms with E-state index in [0.29, 0.717) is 36.1 Å². The van der Waals surface area contributed by atoms with Gasteiger partial charge in [-0.15, -0.1) is 0 Å². The standard InChI is InChI=1S/C15H18ClN3O2/c1-11-13(15(20)17-8-9-21-2)14(16)19(18-11)10-12-6-4-3-5-7-12/h3-7H,8-10H2,1-2H3,(H,17,20). The number of rotatable bonds is 6. The van der Waals surface area contributed by atoms with E-state index < -0.39 is 0 Å². The number of carbonyl (C=O) groups excluding carboxylic acids is 1. The monoisotopic (exact) mass is 307 g/mol. The third-order valence-electron chi connectivity index (χ3n) is 3.06. The van der Waals surface area contributed by atoms with Crippen molar-refractivity contribution in [1.29, 1.82) is 0 Å². The number of halogens is 1. The number of aromatic nitrogens is 2. The fraction of sp³-hybridized carbons (Fsp3) is 0.333. The molecule has 1 amide bonds. The minimum absolute atomic E-state index is 0.228. The number of hydrogen-bond donors (Lipinski definition) is 1. The molecule has 0 radical (unpaired) electrons. The molecule has 2 rings (SSSR count). The molecule has 21 heavy (non-hydrogen) atoms. The van der Waals surface area contributed by atoms with Gasteiger partial charge in [0.25, 0.3) is 5.91 Å². The van der Waals surface area contributed by atoms with Crippen LogP contribution in [-0.2, 0) is 11.3 Å². The fourth-order valence-electron chi connectivity index (χ4n) is 2.03. The Labute approximate surface area is 128 Å². The maximum Gasteiger partial charge on any atom is 0.256 e. The third kappa shape index (κ3) is 3.83. The van der Waals surface area contributed by atoms with Crippen LogP contribution in [0, 0.1) is 6.92 Å². The highest BCUT2D eigenvalue weighted by Crippen LogP contribution is 2.20. The van der Waals surface area contributed by atoms with Gasteiger partial charge in [0, 0.05) is 13.7 Å². The molecule has 0 bridgehead atoms. The van der Waals surface area contributed by atoms with Crippen molar-refractivity contribution >= 4 is 17.5 Å². The number of hydrogen-bond acceptors (Lipinski definition) is 3. The van der Waals surface area contributed by atoms with Gasteiger partial charge >= 0.3 is 0 Å². The predicted molar refractivity (Wildman–Crippen MR) is 81.7 cm³/mol. The predicted octanol–water partition coefficient (Wildman–Crippen LogP) is 2.27. The second-order valence-corrected chi connectivity index (χ2v) is 5.00. The molecule has 0 aliphatic rings. The molecule has 112 valence electrons. The molecule has 1 aromatic heterocycles. The number of nitrogens with zero attached hydrogens (tertiary/aromatic N) is 2. The molecule has 6 heteroatoms. The van der Waals surface area contributed by atoms with E-state index in [4.69, 9.17) is 16.3 Å². The van der Waals surface area contributed by atoms with Gasteiger partial charge in [-0.05, 0) is 12.5 Å². The van der Waals surface area contributed by atoms with Crippen LogP contribution in [0.2, 0.25) is 5.15 Å². The Balaban J connectivity index is 2.15. The van der Waals surface area contributed by atoms with Gasteiger partial charge in [-0.2, -0.15) is 5.10 Å². The molecule has 0 saturated carbocycles. The molecule has 0 saturated heterocycles. The minimum atomic E-state index is -0.228. The summed E-state index contributed by atoms with van der Waals surface area (Å²) in [5, 5.41) is 7.46. The number of methoxy groups -OCH3 is 1. The summed E-state index contributed by atoms with van der Waals surface area (Å²) in [5.41, 5.74) is 2.11. The van der Waals surface area contributed by atoms with Gasteiger partial charge in [-0.3, -0.25) is 4.79 Å². The van der Waals surface area contributed by atoms with E-state index in [9.17, 15) is 4.79 Å². The molecule has 1 aromatic carbocycles. The molecule has 5 nitrogen and oxygen atoms in total. The highest BCUT2D eigenvalue weighted by molar-refractivity contribution is 6.33. The third-order valence-corrected chi connectivity index (χ3v) is 3.44. The van der Waals surface area contributed by atoms with Crippen LogP contribution in [0.25, 0.3) is 0 Å². The lowest BCUT2D eigenvalue weighted by molar-refractivity contribution is 0.0936. The largest absolute Gasteiger partial charge is 0.383 e. The van der Waals surface area contributed by atoms with Crippen molar-refractivity contribution in [3.63, 3.8) is 0 Å². The van der Waals surface area contributed by atoms with Crippen molar-refractivity contribution in [2.45, 2.75) is 13.5 Å². The summed E-state index contributed by atoms with van der Waals surface area (Å²) in [4.78, 5) is 12.1. The molecule has 0 aliphatic heterocycles. The summed E-state index contributed by atoms with van der Waals surface area (Å²) in [5.74, 6) is -0.228. The van der Waals surface area contributed by atoms with Gasteiger partial charge in [0.05, 0.1) is 24.4 Å². The van der Waals surface area contributed by atoms with Gasteiger partial charge in [-0.1, -0.05) is 41.9 Å². The maximum atomic E-state index is 12.1. The van der Waals surface area contributed by atoms with E-state index in [2.05, 4.69) is 10.4 Å². The second kappa shape index (κ2) is 7.24. The summed E-state index contributed by atoms with van der Waals surface area (Å²) >= 11 is 6.30. The van der Waals surface area contributed by atoms with E-state index in [-0.39, 0.29) is 5.91 Å². The van der Waals surface area contributed by atoms with Crippen LogP contribution < -0.4 is 5.32 Å². The molecule has 0 spiro atoms. The van der Waals surface area contributed by atoms with Crippen LogP contribution in [0.1, 0.15) is 21.6 Å². The lowest BCUT2D eigenvalue weighted by Crippen LogP contribution is -2.27. The van der Waals surface area contributed by atoms with Crippen LogP contribution >= 0.6 is 11.6 Å². The Hall–Kier alpha value is -1.85. The number of nitrogens with one attached hydrogen (secondary N) is 1. The van der Waals surface area contributed by atoms with E-state index >= 15 is 0 Å². The smallest absolute Gasteiger partial charge is 0.256 e. The number of ether oxygens (including phenoxy) is 1. The van der Waals surface area contributed by atoms with Gasteiger partial charge in [-0.25, -0.2) is 4.68 Å². The van der Waals surface area contributed by atoms with Crippen molar-refractivity contribution in [1.82, 2.24) is 15.1 Å². The maximum absolute atomic E-state index is 12.1. The Morgan fingerprint density at radius 1 is 1.38 bits per heavy atom. The average molecular weight is 308 g/mol. The summed E-state index contributed by atoms with van der Waals surface area (Å²) in [6.45, 7) is 3.21. The van der Waals surface area contributed by atoms with Crippen molar-refractivity contribution in [2.24, 2.45) is 0 Å². The van der Waals surface area contributed by atoms with Crippen LogP contribution in [-0.4, -0.2) is 35.9 Å². The molecular formula is C15H18ClN3O2. The van der Waals surface area contributed by atoms with Gasteiger partial charge in [0.2, 0.25) is 0 Å². The lowest BCUT2D eigenvalue weighted by atomic mass is 10.2. The van der Waals surface area contributed by atoms with Gasteiger partial charge in [0.1, 0.15) is 5.15 Å². The highest BCUT2D eigenvalue weighted by atomic mass is 35.5. The SMILES string of the molecule is COCCNC(=O)c1c(C)nn(Cc2ccccc2)c1Cl. The van der Waals surface area contributed by atoms with Crippen molar-refractivity contribution < 1.29 is 9.53 Å². The zero-order valence-corrected chi connectivity index (χ0v) is 12.9. The number of carbonyl (C=O) groups is 1. The zero-order chi connectivity index (χ0) is 15.2. The summed E-state index contributed by atoms with van der Waals surface area (Å²) in [7, 11) is 1.59. The van der Waals surface area contributed by atoms with Crippen LogP contribution in [0.4, 0.5) is 0 Å². The molecule has 1 heterocycles. The van der Waals surface area contributed by atoms with Crippen molar-refractivity contribution in [2.75, 3.05) is 20.3 Å². The van der Waals surface area contributed by atoms with E-state index in [1.165, 1.54) is 0 Å². The topological polar surface area (TPSA) is 56.1 Å². The van der Waals surface area contributed by atoms with Crippen LogP contribution in [0.5, 0.6) is 0 Å². The first-order chi connectivity index (χ1) is 10.1. The van der Waals surface area contributed by atoms with Crippen LogP contribution in [0.3, 0.4) is 0 Å². The summed E-state index contributed by atoms with van der Waals surface area (Å²) in [6.07, 6.45) is 0. The Morgan fingerprint density at radius 2 is 2.10 bits per heavy atom. The van der Waals surface area contributed by atoms with E-state index in [1.807, 2.05) is 30.3 Å². The number of amides is 1. The van der Waals surface area contributed by atoms with E-state index in [0.717, 1.165) is 5.56 Å². The normalized spacial score (nSPS) is 10.6. The minimum Gasteiger partial charge on any atom is -0.383 e. The summed E-state index contributed by atoms with van der Waals surface area (Å²) in [6, 6.07) is 9.85. The highest BCUT2D eigenvalue weighted by Gasteiger charge is 2.19. The molecule has 0 unspecified atom stereocenters. The molecule has 0 aliphatic carbocycles. The zero-order valence-electron chi connectivity index (χ0n) is 12.1. The molecule has 1 N–H and O–H groups in total. The second-order valence-electron chi connectivity index (χ2n) is 4.64. The first-order valence-corrected chi connectivity index (χ1v) is 7.05. The summed E-state index contributed by atoms with van der Waals surface area (Å²) < 4.78 is 6.54. The molecule has 0 fully saturated rings. The Morgan fingerprint density at radius 3 is 2.76 bits per heavy atom. The van der Waals surface area contributed by atoms with Gasteiger partial charge < -0.3 is 10.1 Å². The van der Waals surface area contributed by atoms with Crippen molar-refractivity contribution in [3.05, 3.63) is 52.3 Å². The Bertz CT molecular complexity index is 611. The first kappa shape index (κ1) is 15.5. The Kier molecular flexibility index (Phi) is 5.36. The molecular weight excluding hydrogens is 290 g/mol. The van der Waals surface area contributed by atoms with Gasteiger partial charge in [0.15, 0.2) is 0 Å². The number of aryl methyl sites for hydroxylation is 1. The quantitative estimate of drug-likeness (QED) is 0.833. The lowest BCUT2D eigenvalue weighted by Gasteiger charge is -2.05.